The van der Waals surface area contributed by atoms with Crippen molar-refractivity contribution in [1.29, 1.82) is 0 Å². The minimum Gasteiger partial charge on any atom is -0.395 e. The Morgan fingerprint density at radius 2 is 2.05 bits per heavy atom. The van der Waals surface area contributed by atoms with Gasteiger partial charge in [-0.3, -0.25) is 0 Å². The number of hydrogen-bond donors (Lipinski definition) is 2. The largest absolute Gasteiger partial charge is 0.395 e. The topological polar surface area (TPSA) is 78.5 Å². The van der Waals surface area contributed by atoms with E-state index < -0.39 is 0 Å². The Balaban J connectivity index is 2.25. The van der Waals surface area contributed by atoms with Crippen LogP contribution in [0.4, 0.5) is 17.3 Å². The van der Waals surface area contributed by atoms with Crippen LogP contribution >= 0.6 is 0 Å². The van der Waals surface area contributed by atoms with Crippen LogP contribution in [-0.2, 0) is 0 Å². The lowest BCUT2D eigenvalue weighted by molar-refractivity contribution is 0.302. The van der Waals surface area contributed by atoms with Crippen LogP contribution in [-0.4, -0.2) is 47.9 Å². The van der Waals surface area contributed by atoms with E-state index in [2.05, 4.69) is 14.9 Å². The van der Waals surface area contributed by atoms with Crippen molar-refractivity contribution in [3.8, 4) is 0 Å². The highest BCUT2D eigenvalue weighted by molar-refractivity contribution is 5.75. The molecule has 106 valence electrons. The highest BCUT2D eigenvalue weighted by atomic mass is 16.3. The zero-order valence-electron chi connectivity index (χ0n) is 11.5. The molecule has 1 aliphatic heterocycles. The summed E-state index contributed by atoms with van der Waals surface area (Å²) in [4.78, 5) is 12.8. The molecule has 0 radical (unpaired) electrons. The van der Waals surface area contributed by atoms with Gasteiger partial charge in [0.25, 0.3) is 0 Å². The van der Waals surface area contributed by atoms with Crippen LogP contribution in [0.5, 0.6) is 0 Å². The standard InChI is InChI=1S/C13H23N5O/c1-2-17(8-9-19)12-11(14)13(16-10-15-12)18-6-4-3-5-7-18/h10,19H,2-9,14H2,1H3. The number of anilines is 3. The van der Waals surface area contributed by atoms with Crippen LogP contribution < -0.4 is 15.5 Å². The average Bonchev–Trinajstić information content (AvgIpc) is 2.46. The lowest BCUT2D eigenvalue weighted by Crippen LogP contribution is -2.33. The van der Waals surface area contributed by atoms with Gasteiger partial charge in [-0.15, -0.1) is 0 Å². The van der Waals surface area contributed by atoms with Gasteiger partial charge in [-0.2, -0.15) is 0 Å². The first-order valence-corrected chi connectivity index (χ1v) is 6.99. The summed E-state index contributed by atoms with van der Waals surface area (Å²) in [7, 11) is 0. The van der Waals surface area contributed by atoms with E-state index in [1.807, 2.05) is 11.8 Å². The second-order valence-corrected chi connectivity index (χ2v) is 4.79. The molecule has 2 rings (SSSR count). The molecule has 0 atom stereocenters. The van der Waals surface area contributed by atoms with E-state index >= 15 is 0 Å². The van der Waals surface area contributed by atoms with Crippen LogP contribution in [0.2, 0.25) is 0 Å². The van der Waals surface area contributed by atoms with Gasteiger partial charge in [-0.05, 0) is 26.2 Å². The van der Waals surface area contributed by atoms with Gasteiger partial charge < -0.3 is 20.6 Å². The number of aliphatic hydroxyl groups is 1. The van der Waals surface area contributed by atoms with E-state index in [1.54, 1.807) is 6.33 Å². The van der Waals surface area contributed by atoms with Gasteiger partial charge in [0, 0.05) is 26.2 Å². The maximum Gasteiger partial charge on any atom is 0.157 e. The molecule has 1 aliphatic rings. The van der Waals surface area contributed by atoms with Crippen molar-refractivity contribution in [3.05, 3.63) is 6.33 Å². The smallest absolute Gasteiger partial charge is 0.157 e. The van der Waals surface area contributed by atoms with E-state index in [4.69, 9.17) is 10.8 Å². The van der Waals surface area contributed by atoms with Crippen LogP contribution in [0.15, 0.2) is 6.33 Å². The summed E-state index contributed by atoms with van der Waals surface area (Å²) < 4.78 is 0. The minimum absolute atomic E-state index is 0.0936. The molecule has 0 aromatic carbocycles. The first kappa shape index (κ1) is 13.9. The number of nitrogens with zero attached hydrogens (tertiary/aromatic N) is 4. The Hall–Kier alpha value is -1.56. The predicted octanol–water partition coefficient (Wildman–Crippen LogP) is 0.868. The van der Waals surface area contributed by atoms with E-state index in [9.17, 15) is 0 Å². The zero-order valence-corrected chi connectivity index (χ0v) is 11.5. The molecule has 0 saturated carbocycles. The van der Waals surface area contributed by atoms with Crippen molar-refractivity contribution in [2.45, 2.75) is 26.2 Å². The van der Waals surface area contributed by atoms with Crippen molar-refractivity contribution in [2.75, 3.05) is 48.3 Å². The summed E-state index contributed by atoms with van der Waals surface area (Å²) in [5.74, 6) is 1.56. The molecule has 19 heavy (non-hydrogen) atoms. The average molecular weight is 265 g/mol. The number of rotatable bonds is 5. The van der Waals surface area contributed by atoms with Crippen molar-refractivity contribution in [1.82, 2.24) is 9.97 Å². The minimum atomic E-state index is 0.0936. The number of nitrogen functional groups attached to an aromatic ring is 1. The van der Waals surface area contributed by atoms with Crippen LogP contribution in [0.1, 0.15) is 26.2 Å². The Morgan fingerprint density at radius 3 is 2.68 bits per heavy atom. The Kier molecular flexibility index (Phi) is 4.79. The summed E-state index contributed by atoms with van der Waals surface area (Å²) in [5, 5.41) is 9.10. The Labute approximate surface area is 114 Å². The third-order valence-electron chi connectivity index (χ3n) is 3.55. The van der Waals surface area contributed by atoms with E-state index in [0.29, 0.717) is 12.2 Å². The molecule has 1 fully saturated rings. The molecule has 0 spiro atoms. The van der Waals surface area contributed by atoms with Crippen molar-refractivity contribution in [3.63, 3.8) is 0 Å². The highest BCUT2D eigenvalue weighted by Crippen LogP contribution is 2.30. The fourth-order valence-electron chi connectivity index (χ4n) is 2.52. The molecule has 3 N–H and O–H groups in total. The summed E-state index contributed by atoms with van der Waals surface area (Å²) in [6, 6.07) is 0. The number of aromatic nitrogens is 2. The maximum atomic E-state index is 9.10. The maximum absolute atomic E-state index is 9.10. The van der Waals surface area contributed by atoms with Crippen molar-refractivity contribution < 1.29 is 5.11 Å². The van der Waals surface area contributed by atoms with Crippen LogP contribution in [0.3, 0.4) is 0 Å². The van der Waals surface area contributed by atoms with E-state index in [0.717, 1.165) is 31.3 Å². The molecule has 6 heteroatoms. The molecule has 1 aromatic heterocycles. The quantitative estimate of drug-likeness (QED) is 0.822. The molecule has 0 amide bonds. The van der Waals surface area contributed by atoms with Crippen molar-refractivity contribution >= 4 is 17.3 Å². The van der Waals surface area contributed by atoms with Gasteiger partial charge in [0.1, 0.15) is 12.0 Å². The predicted molar refractivity (Wildman–Crippen MR) is 77.5 cm³/mol. The molecule has 1 aromatic rings. The Bertz CT molecular complexity index is 383. The fourth-order valence-corrected chi connectivity index (χ4v) is 2.52. The third-order valence-corrected chi connectivity index (χ3v) is 3.55. The van der Waals surface area contributed by atoms with Crippen LogP contribution in [0.25, 0.3) is 0 Å². The number of nitrogens with two attached hydrogens (primary N) is 1. The monoisotopic (exact) mass is 265 g/mol. The van der Waals surface area contributed by atoms with Crippen molar-refractivity contribution in [2.24, 2.45) is 0 Å². The number of hydrogen-bond acceptors (Lipinski definition) is 6. The molecule has 0 aliphatic carbocycles. The first-order valence-electron chi connectivity index (χ1n) is 6.99. The van der Waals surface area contributed by atoms with Gasteiger partial charge in [0.05, 0.1) is 6.61 Å². The molecular weight excluding hydrogens is 242 g/mol. The number of likely N-dealkylation sites (N-methyl/N-ethyl adjacent to an activating group) is 1. The molecule has 1 saturated heterocycles. The SMILES string of the molecule is CCN(CCO)c1ncnc(N2CCCCC2)c1N. The fraction of sp³-hybridized carbons (Fsp3) is 0.692. The normalized spacial score (nSPS) is 15.6. The summed E-state index contributed by atoms with van der Waals surface area (Å²) >= 11 is 0. The zero-order chi connectivity index (χ0) is 13.7. The van der Waals surface area contributed by atoms with Gasteiger partial charge in [-0.25, -0.2) is 9.97 Å². The summed E-state index contributed by atoms with van der Waals surface area (Å²) in [5.41, 5.74) is 6.86. The van der Waals surface area contributed by atoms with Crippen LogP contribution in [0, 0.1) is 0 Å². The molecule has 6 nitrogen and oxygen atoms in total. The lowest BCUT2D eigenvalue weighted by atomic mass is 10.1. The molecule has 0 bridgehead atoms. The third kappa shape index (κ3) is 3.07. The van der Waals surface area contributed by atoms with E-state index in [-0.39, 0.29) is 6.61 Å². The van der Waals surface area contributed by atoms with Gasteiger partial charge in [0.15, 0.2) is 11.6 Å². The lowest BCUT2D eigenvalue weighted by Gasteiger charge is -2.30. The van der Waals surface area contributed by atoms with Gasteiger partial charge in [0.2, 0.25) is 0 Å². The second kappa shape index (κ2) is 6.56. The molecular formula is C13H23N5O. The highest BCUT2D eigenvalue weighted by Gasteiger charge is 2.19. The number of piperidine rings is 1. The van der Waals surface area contributed by atoms with Gasteiger partial charge >= 0.3 is 0 Å². The summed E-state index contributed by atoms with van der Waals surface area (Å²) in [6.45, 7) is 5.44. The molecule has 2 heterocycles. The number of aliphatic hydroxyl groups excluding tert-OH is 1. The molecule has 0 unspecified atom stereocenters. The Morgan fingerprint density at radius 1 is 1.32 bits per heavy atom. The first-order chi connectivity index (χ1) is 9.27. The van der Waals surface area contributed by atoms with E-state index in [1.165, 1.54) is 19.3 Å². The van der Waals surface area contributed by atoms with Gasteiger partial charge in [-0.1, -0.05) is 0 Å². The second-order valence-electron chi connectivity index (χ2n) is 4.79. The summed E-state index contributed by atoms with van der Waals surface area (Å²) in [6.07, 6.45) is 5.22.